The third-order valence-electron chi connectivity index (χ3n) is 6.30. The lowest BCUT2D eigenvalue weighted by atomic mass is 9.82. The largest absolute Gasteiger partial charge is 0.432 e. The number of halogens is 1. The monoisotopic (exact) mass is 542 g/mol. The van der Waals surface area contributed by atoms with Crippen molar-refractivity contribution in [3.63, 3.8) is 0 Å². The molecule has 3 heterocycles. The summed E-state index contributed by atoms with van der Waals surface area (Å²) in [7, 11) is -2.64. The number of ether oxygens (including phenoxy) is 1. The van der Waals surface area contributed by atoms with E-state index in [0.717, 1.165) is 20.5 Å². The molecule has 162 valence electrons. The van der Waals surface area contributed by atoms with Crippen molar-refractivity contribution in [3.8, 4) is 0 Å². The van der Waals surface area contributed by atoms with Crippen LogP contribution in [0.2, 0.25) is 18.6 Å². The zero-order valence-electron chi connectivity index (χ0n) is 17.3. The second kappa shape index (κ2) is 7.97. The van der Waals surface area contributed by atoms with E-state index < -0.39 is 13.9 Å². The van der Waals surface area contributed by atoms with Crippen molar-refractivity contribution in [2.75, 3.05) is 11.9 Å². The number of aryl methyl sites for hydroxylation is 1. The van der Waals surface area contributed by atoms with Gasteiger partial charge >= 0.3 is 0 Å². The average molecular weight is 542 g/mol. The van der Waals surface area contributed by atoms with E-state index in [4.69, 9.17) is 9.84 Å². The molecule has 1 spiro atoms. The number of benzene rings is 1. The Bertz CT molecular complexity index is 963. The van der Waals surface area contributed by atoms with E-state index in [1.165, 1.54) is 0 Å². The first kappa shape index (κ1) is 21.9. The number of hydrogen-bond acceptors (Lipinski definition) is 6. The van der Waals surface area contributed by atoms with Gasteiger partial charge in [0, 0.05) is 52.0 Å². The lowest BCUT2D eigenvalue weighted by Crippen LogP contribution is -2.43. The number of aromatic nitrogens is 3. The summed E-state index contributed by atoms with van der Waals surface area (Å²) in [6.45, 7) is 6.46. The maximum absolute atomic E-state index is 13.2. The zero-order chi connectivity index (χ0) is 21.7. The number of anilines is 1. The van der Waals surface area contributed by atoms with Gasteiger partial charge in [-0.05, 0) is 60.3 Å². The van der Waals surface area contributed by atoms with Gasteiger partial charge in [-0.3, -0.25) is 9.48 Å². The van der Waals surface area contributed by atoms with Gasteiger partial charge in [-0.2, -0.15) is 0 Å². The zero-order valence-corrected chi connectivity index (χ0v) is 20.5. The molecule has 0 saturated carbocycles. The lowest BCUT2D eigenvalue weighted by Gasteiger charge is -2.32. The van der Waals surface area contributed by atoms with Crippen molar-refractivity contribution in [2.24, 2.45) is 5.92 Å². The van der Waals surface area contributed by atoms with Gasteiger partial charge in [0.25, 0.3) is 5.91 Å². The van der Waals surface area contributed by atoms with Gasteiger partial charge in [-0.1, -0.05) is 12.1 Å². The van der Waals surface area contributed by atoms with Gasteiger partial charge in [-0.25, -0.2) is 0 Å². The molecule has 8 nitrogen and oxygen atoms in total. The molecule has 2 aliphatic heterocycles. The molecule has 4 atom stereocenters. The van der Waals surface area contributed by atoms with Crippen LogP contribution < -0.4 is 5.32 Å². The summed E-state index contributed by atoms with van der Waals surface area (Å²) in [5.74, 6) is -0.307. The minimum atomic E-state index is -2.64. The van der Waals surface area contributed by atoms with Crippen molar-refractivity contribution in [1.82, 2.24) is 15.0 Å². The molecule has 1 aromatic carbocycles. The normalized spacial score (nSPS) is 28.2. The number of amides is 1. The van der Waals surface area contributed by atoms with E-state index in [1.807, 2.05) is 44.4 Å². The van der Waals surface area contributed by atoms with Crippen molar-refractivity contribution in [3.05, 3.63) is 39.2 Å². The SMILES string of the molecule is C[C@@H]1[C@@H]([Si](C)(C)O)[C@H](CCn2cc(CCO)nn2)O[C@@]12C(=O)Nc1ccc(I)cc12. The number of aliphatic hydroxyl groups is 1. The Morgan fingerprint density at radius 2 is 2.17 bits per heavy atom. The van der Waals surface area contributed by atoms with E-state index >= 15 is 0 Å². The fourth-order valence-corrected chi connectivity index (χ4v) is 8.17. The highest BCUT2D eigenvalue weighted by Crippen LogP contribution is 2.58. The summed E-state index contributed by atoms with van der Waals surface area (Å²) in [4.78, 5) is 24.3. The Morgan fingerprint density at radius 1 is 1.40 bits per heavy atom. The number of rotatable bonds is 6. The second-order valence-electron chi connectivity index (χ2n) is 8.74. The van der Waals surface area contributed by atoms with Gasteiger partial charge in [0.15, 0.2) is 13.9 Å². The second-order valence-corrected chi connectivity index (χ2v) is 14.0. The maximum atomic E-state index is 13.2. The topological polar surface area (TPSA) is 110 Å². The molecule has 0 unspecified atom stereocenters. The Kier molecular flexibility index (Phi) is 5.81. The summed E-state index contributed by atoms with van der Waals surface area (Å²) >= 11 is 2.25. The first-order valence-electron chi connectivity index (χ1n) is 10.2. The van der Waals surface area contributed by atoms with Crippen LogP contribution in [-0.2, 0) is 28.1 Å². The number of hydrogen-bond donors (Lipinski definition) is 3. The summed E-state index contributed by atoms with van der Waals surface area (Å²) in [6, 6.07) is 5.89. The van der Waals surface area contributed by atoms with Crippen LogP contribution in [0.15, 0.2) is 24.4 Å². The molecule has 3 N–H and O–H groups in total. The number of nitrogens with zero attached hydrogens (tertiary/aromatic N) is 3. The minimum absolute atomic E-state index is 0.0319. The first-order valence-corrected chi connectivity index (χ1v) is 14.3. The van der Waals surface area contributed by atoms with E-state index in [9.17, 15) is 9.59 Å². The molecule has 2 aliphatic rings. The molecule has 1 aromatic heterocycles. The molecule has 30 heavy (non-hydrogen) atoms. The molecule has 1 amide bonds. The van der Waals surface area contributed by atoms with E-state index in [2.05, 4.69) is 38.2 Å². The fraction of sp³-hybridized carbons (Fsp3) is 0.550. The van der Waals surface area contributed by atoms with Gasteiger partial charge in [0.05, 0.1) is 11.8 Å². The van der Waals surface area contributed by atoms with Crippen LogP contribution in [0.4, 0.5) is 5.69 Å². The summed E-state index contributed by atoms with van der Waals surface area (Å²) < 4.78 is 9.36. The minimum Gasteiger partial charge on any atom is -0.432 e. The molecule has 1 fully saturated rings. The number of aliphatic hydroxyl groups excluding tert-OH is 1. The van der Waals surface area contributed by atoms with E-state index in [0.29, 0.717) is 19.4 Å². The number of carbonyl (C=O) groups is 1. The molecule has 2 aromatic rings. The molecular formula is C20H27IN4O4Si. The van der Waals surface area contributed by atoms with Crippen molar-refractivity contribution in [1.29, 1.82) is 0 Å². The van der Waals surface area contributed by atoms with Gasteiger partial charge in [0.2, 0.25) is 0 Å². The molecule has 0 aliphatic carbocycles. The van der Waals surface area contributed by atoms with Crippen LogP contribution in [0.25, 0.3) is 0 Å². The Morgan fingerprint density at radius 3 is 2.87 bits per heavy atom. The summed E-state index contributed by atoms with van der Waals surface area (Å²) in [5, 5.41) is 20.2. The highest BCUT2D eigenvalue weighted by Gasteiger charge is 2.64. The third-order valence-corrected chi connectivity index (χ3v) is 9.47. The number of nitrogens with one attached hydrogen (secondary N) is 1. The van der Waals surface area contributed by atoms with Crippen LogP contribution in [0, 0.1) is 9.49 Å². The lowest BCUT2D eigenvalue weighted by molar-refractivity contribution is -0.143. The first-order chi connectivity index (χ1) is 14.2. The van der Waals surface area contributed by atoms with Crippen LogP contribution >= 0.6 is 22.6 Å². The Hall–Kier alpha value is -1.34. The Labute approximate surface area is 190 Å². The van der Waals surface area contributed by atoms with Crippen molar-refractivity contribution in [2.45, 2.75) is 56.7 Å². The quantitative estimate of drug-likeness (QED) is 0.382. The number of fused-ring (bicyclic) bond motifs is 2. The van der Waals surface area contributed by atoms with E-state index in [-0.39, 0.29) is 30.1 Å². The smallest absolute Gasteiger partial charge is 0.261 e. The molecular weight excluding hydrogens is 515 g/mol. The van der Waals surface area contributed by atoms with E-state index in [1.54, 1.807) is 4.68 Å². The highest BCUT2D eigenvalue weighted by atomic mass is 127. The predicted octanol–water partition coefficient (Wildman–Crippen LogP) is 2.26. The molecule has 1 saturated heterocycles. The molecule has 10 heteroatoms. The average Bonchev–Trinajstić information content (AvgIpc) is 3.31. The van der Waals surface area contributed by atoms with Crippen molar-refractivity contribution < 1.29 is 19.4 Å². The van der Waals surface area contributed by atoms with Gasteiger partial charge in [-0.15, -0.1) is 5.10 Å². The van der Waals surface area contributed by atoms with Crippen LogP contribution in [0.1, 0.15) is 24.6 Å². The standard InChI is InChI=1S/C20H27IN4O4Si/c1-12-18(30(2,3)28)17(6-8-25-11-14(7-9-26)23-24-25)29-20(12)15-10-13(21)4-5-16(15)22-19(20)27/h4-5,10-12,17-18,26,28H,6-9H2,1-3H3,(H,22,27)/t12-,17+,18-,20+/m1/s1. The van der Waals surface area contributed by atoms with Crippen LogP contribution in [0.5, 0.6) is 0 Å². The van der Waals surface area contributed by atoms with Gasteiger partial charge in [0.1, 0.15) is 0 Å². The fourth-order valence-electron chi connectivity index (χ4n) is 5.08. The van der Waals surface area contributed by atoms with Crippen LogP contribution in [0.3, 0.4) is 0 Å². The predicted molar refractivity (Wildman–Crippen MR) is 122 cm³/mol. The van der Waals surface area contributed by atoms with Crippen LogP contribution in [-0.4, -0.2) is 51.8 Å². The van der Waals surface area contributed by atoms with Gasteiger partial charge < -0.3 is 20.0 Å². The third kappa shape index (κ3) is 3.62. The summed E-state index contributed by atoms with van der Waals surface area (Å²) in [5.41, 5.74) is 1.20. The molecule has 0 bridgehead atoms. The number of carbonyl (C=O) groups excluding carboxylic acids is 1. The Balaban J connectivity index is 1.64. The van der Waals surface area contributed by atoms with Crippen molar-refractivity contribution >= 4 is 42.5 Å². The molecule has 4 rings (SSSR count). The molecule has 0 radical (unpaired) electrons. The summed E-state index contributed by atoms with van der Waals surface area (Å²) in [6.07, 6.45) is 2.63. The highest BCUT2D eigenvalue weighted by molar-refractivity contribution is 14.1. The maximum Gasteiger partial charge on any atom is 0.261 e.